The van der Waals surface area contributed by atoms with Gasteiger partial charge in [-0.25, -0.2) is 14.2 Å². The number of phosphoric ester groups is 1. The van der Waals surface area contributed by atoms with Gasteiger partial charge in [-0.15, -0.1) is 0 Å². The Balaban J connectivity index is 1.08. The van der Waals surface area contributed by atoms with Crippen LogP contribution >= 0.6 is 7.82 Å². The van der Waals surface area contributed by atoms with Crippen LogP contribution in [0.15, 0.2) is 163 Å². The van der Waals surface area contributed by atoms with Gasteiger partial charge in [-0.05, 0) is 65.9 Å². The Labute approximate surface area is 440 Å². The molecule has 76 heavy (non-hydrogen) atoms. The number of esters is 2. The molecule has 5 N–H and O–H groups in total. The van der Waals surface area contributed by atoms with Crippen LogP contribution in [0.2, 0.25) is 0 Å². The molecule has 17 nitrogen and oxygen atoms in total. The van der Waals surface area contributed by atoms with Crippen LogP contribution in [0.4, 0.5) is 0 Å². The predicted octanol–water partition coefficient (Wildman–Crippen LogP) is 7.13. The molecule has 18 heteroatoms. The third-order valence-corrected chi connectivity index (χ3v) is 17.1. The van der Waals surface area contributed by atoms with E-state index < -0.39 is 122 Å². The number of amides is 1. The van der Waals surface area contributed by atoms with Crippen LogP contribution in [0.25, 0.3) is 0 Å². The standard InChI is InChI=1S/C58H62NO16P/c1-36-42(74-54(65)48(61)46(39-24-14-7-15-25-39)59-52(63)40-26-16-8-17-27-40)31-58(67)51(75-53(64)41-28-18-9-19-29-41)49-56(4,50(62)47(60)45(36)55(58,2)3)43(30-44-57(49,66)34-69-44)70-35-73-76(68,71-32-37-20-10-5-11-21-37)72-33-38-22-12-6-13-23-38/h5-29,42-44,46-49,51,60-61,66-67H,30-35H2,1-4H3,(H,59,63)/t42?,43?,44?,46?,47?,48?,49?,51?,56-,57?,58?/m1/s1. The number of rotatable bonds is 18. The molecule has 1 saturated heterocycles. The lowest BCUT2D eigenvalue weighted by Crippen LogP contribution is -2.81. The summed E-state index contributed by atoms with van der Waals surface area (Å²) in [6.07, 6.45) is -10.7. The second kappa shape index (κ2) is 22.0. The lowest BCUT2D eigenvalue weighted by Gasteiger charge is -2.67. The molecule has 0 aromatic heterocycles. The van der Waals surface area contributed by atoms with Crippen molar-refractivity contribution in [1.29, 1.82) is 0 Å². The van der Waals surface area contributed by atoms with Crippen molar-refractivity contribution < 1.29 is 76.7 Å². The molecule has 2 saturated carbocycles. The minimum absolute atomic E-state index is 0.0598. The SMILES string of the molecule is CC1=C2C(O)C(=O)[C@]3(C)C(OCOP(=O)(OCc4ccccc4)OCc4ccccc4)CC4OCC4(O)C3C(OC(=O)c3ccccc3)C(O)(CC1OC(=O)C(O)C(NC(=O)c1ccccc1)c1ccccc1)C2(C)C. The number of aliphatic hydroxyl groups is 4. The number of aliphatic hydroxyl groups excluding tert-OH is 2. The summed E-state index contributed by atoms with van der Waals surface area (Å²) in [7, 11) is -4.47. The zero-order chi connectivity index (χ0) is 54.0. The highest BCUT2D eigenvalue weighted by molar-refractivity contribution is 7.48. The summed E-state index contributed by atoms with van der Waals surface area (Å²) in [6.45, 7) is 4.52. The highest BCUT2D eigenvalue weighted by Gasteiger charge is 2.76. The Bertz CT molecular complexity index is 2920. The van der Waals surface area contributed by atoms with E-state index in [2.05, 4.69) is 5.32 Å². The van der Waals surface area contributed by atoms with Crippen molar-refractivity contribution in [2.75, 3.05) is 13.4 Å². The number of fused-ring (bicyclic) bond motifs is 5. The molecule has 1 heterocycles. The van der Waals surface area contributed by atoms with Gasteiger partial charge in [0.25, 0.3) is 5.91 Å². The molecule has 5 aromatic carbocycles. The minimum Gasteiger partial charge on any atom is -0.456 e. The number of carbonyl (C=O) groups excluding carboxylic acids is 4. The highest BCUT2D eigenvalue weighted by Crippen LogP contribution is 2.64. The van der Waals surface area contributed by atoms with E-state index in [-0.39, 0.29) is 41.9 Å². The smallest absolute Gasteiger partial charge is 0.456 e. The van der Waals surface area contributed by atoms with Gasteiger partial charge in [0.1, 0.15) is 29.5 Å². The van der Waals surface area contributed by atoms with E-state index in [1.165, 1.54) is 26.0 Å². The van der Waals surface area contributed by atoms with E-state index in [0.29, 0.717) is 16.7 Å². The van der Waals surface area contributed by atoms with Crippen LogP contribution in [0, 0.1) is 16.7 Å². The van der Waals surface area contributed by atoms with Crippen LogP contribution in [0.5, 0.6) is 0 Å². The van der Waals surface area contributed by atoms with E-state index in [9.17, 15) is 39.4 Å². The van der Waals surface area contributed by atoms with Gasteiger partial charge in [-0.1, -0.05) is 141 Å². The number of benzene rings is 5. The maximum atomic E-state index is 15.7. The van der Waals surface area contributed by atoms with Gasteiger partial charge < -0.3 is 44.7 Å². The number of Topliss-reactive ketones (excluding diaryl/α,β-unsaturated/α-hetero) is 1. The number of ketones is 1. The van der Waals surface area contributed by atoms with Crippen molar-refractivity contribution in [2.45, 2.75) is 108 Å². The maximum absolute atomic E-state index is 15.7. The molecular formula is C58H62NO16P. The number of carbonyl (C=O) groups is 4. The molecule has 10 unspecified atom stereocenters. The number of nitrogens with one attached hydrogen (secondary N) is 1. The highest BCUT2D eigenvalue weighted by atomic mass is 31.2. The first-order valence-corrected chi connectivity index (χ1v) is 26.5. The average Bonchev–Trinajstić information content (AvgIpc) is 3.62. The molecule has 1 amide bonds. The number of hydrogen-bond acceptors (Lipinski definition) is 16. The summed E-state index contributed by atoms with van der Waals surface area (Å²) < 4.78 is 56.9. The third kappa shape index (κ3) is 10.4. The Hall–Kier alpha value is -6.21. The van der Waals surface area contributed by atoms with Crippen molar-refractivity contribution in [3.63, 3.8) is 0 Å². The van der Waals surface area contributed by atoms with Crippen LogP contribution in [-0.4, -0.2) is 105 Å². The lowest BCUT2D eigenvalue weighted by atomic mass is 9.44. The first kappa shape index (κ1) is 54.6. The molecule has 400 valence electrons. The van der Waals surface area contributed by atoms with Gasteiger partial charge in [0, 0.05) is 29.7 Å². The summed E-state index contributed by atoms with van der Waals surface area (Å²) in [5.41, 5.74) is -6.15. The molecular weight excluding hydrogens is 998 g/mol. The Morgan fingerprint density at radius 3 is 1.82 bits per heavy atom. The Morgan fingerprint density at radius 1 is 0.750 bits per heavy atom. The largest absolute Gasteiger partial charge is 0.477 e. The van der Waals surface area contributed by atoms with Gasteiger partial charge >= 0.3 is 19.8 Å². The van der Waals surface area contributed by atoms with E-state index in [4.69, 9.17) is 32.5 Å². The fraction of sp³-hybridized carbons (Fsp3) is 0.379. The van der Waals surface area contributed by atoms with Gasteiger partial charge in [0.05, 0.1) is 49.0 Å². The molecule has 5 aromatic rings. The predicted molar refractivity (Wildman–Crippen MR) is 273 cm³/mol. The molecule has 3 aliphatic carbocycles. The second-order valence-electron chi connectivity index (χ2n) is 20.6. The van der Waals surface area contributed by atoms with E-state index in [1.54, 1.807) is 141 Å². The van der Waals surface area contributed by atoms with Crippen LogP contribution < -0.4 is 5.32 Å². The molecule has 1 aliphatic heterocycles. The average molecular weight is 1060 g/mol. The zero-order valence-electron chi connectivity index (χ0n) is 42.4. The number of ether oxygens (including phenoxy) is 4. The van der Waals surface area contributed by atoms with Crippen molar-refractivity contribution in [3.05, 3.63) is 191 Å². The Kier molecular flexibility index (Phi) is 15.8. The maximum Gasteiger partial charge on any atom is 0.477 e. The van der Waals surface area contributed by atoms with Crippen LogP contribution in [0.1, 0.15) is 84.0 Å². The topological polar surface area (TPSA) is 243 Å². The fourth-order valence-corrected chi connectivity index (χ4v) is 12.5. The molecule has 11 atom stereocenters. The summed E-state index contributed by atoms with van der Waals surface area (Å²) >= 11 is 0. The first-order chi connectivity index (χ1) is 36.3. The van der Waals surface area contributed by atoms with Gasteiger partial charge in [0.2, 0.25) is 0 Å². The van der Waals surface area contributed by atoms with E-state index >= 15 is 4.79 Å². The number of hydrogen-bond donors (Lipinski definition) is 5. The van der Waals surface area contributed by atoms with E-state index in [1.807, 2.05) is 12.1 Å². The van der Waals surface area contributed by atoms with E-state index in [0.717, 1.165) is 0 Å². The normalized spacial score (nSPS) is 28.5. The van der Waals surface area contributed by atoms with Crippen molar-refractivity contribution in [3.8, 4) is 0 Å². The van der Waals surface area contributed by atoms with Gasteiger partial charge in [-0.3, -0.25) is 23.2 Å². The molecule has 3 fully saturated rings. The quantitative estimate of drug-likeness (QED) is 0.0254. The molecule has 9 rings (SSSR count). The fourth-order valence-electron chi connectivity index (χ4n) is 11.5. The Morgan fingerprint density at radius 2 is 1.28 bits per heavy atom. The molecule has 2 bridgehead atoms. The summed E-state index contributed by atoms with van der Waals surface area (Å²) in [5, 5.41) is 54.1. The van der Waals surface area contributed by atoms with Crippen molar-refractivity contribution in [1.82, 2.24) is 5.32 Å². The van der Waals surface area contributed by atoms with Gasteiger partial charge in [0.15, 0.2) is 18.7 Å². The minimum atomic E-state index is -4.47. The zero-order valence-corrected chi connectivity index (χ0v) is 43.3. The molecule has 4 aliphatic rings. The van der Waals surface area contributed by atoms with Crippen molar-refractivity contribution in [2.24, 2.45) is 16.7 Å². The summed E-state index contributed by atoms with van der Waals surface area (Å²) in [6, 6.07) is 40.8. The summed E-state index contributed by atoms with van der Waals surface area (Å²) in [4.78, 5) is 58.2. The van der Waals surface area contributed by atoms with Gasteiger partial charge in [-0.2, -0.15) is 0 Å². The third-order valence-electron chi connectivity index (χ3n) is 15.8. The second-order valence-corrected chi connectivity index (χ2v) is 22.2. The summed E-state index contributed by atoms with van der Waals surface area (Å²) in [5.74, 6) is -5.33. The van der Waals surface area contributed by atoms with Crippen LogP contribution in [0.3, 0.4) is 0 Å². The number of phosphoric acid groups is 1. The first-order valence-electron chi connectivity index (χ1n) is 25.1. The molecule has 0 radical (unpaired) electrons. The lowest BCUT2D eigenvalue weighted by molar-refractivity contribution is -0.349. The molecule has 0 spiro atoms. The monoisotopic (exact) mass is 1060 g/mol. The van der Waals surface area contributed by atoms with Crippen molar-refractivity contribution >= 4 is 31.5 Å². The van der Waals surface area contributed by atoms with Crippen LogP contribution in [-0.2, 0) is 59.9 Å².